The number of aromatic amines is 1. The highest BCUT2D eigenvalue weighted by Crippen LogP contribution is 2.32. The summed E-state index contributed by atoms with van der Waals surface area (Å²) in [5.74, 6) is -1.69. The molecule has 32 heavy (non-hydrogen) atoms. The van der Waals surface area contributed by atoms with Crippen LogP contribution in [0.5, 0.6) is 5.88 Å². The van der Waals surface area contributed by atoms with Crippen molar-refractivity contribution >= 4 is 44.3 Å². The molecule has 0 saturated carbocycles. The number of pyridine rings is 1. The van der Waals surface area contributed by atoms with Crippen LogP contribution in [0.2, 0.25) is 0 Å². The van der Waals surface area contributed by atoms with Gasteiger partial charge in [0.2, 0.25) is 5.88 Å². The maximum absolute atomic E-state index is 14.9. The molecule has 0 bridgehead atoms. The number of hydrogen-bond acceptors (Lipinski definition) is 5. The second-order valence-corrected chi connectivity index (χ2v) is 9.12. The van der Waals surface area contributed by atoms with E-state index in [4.69, 9.17) is 0 Å². The van der Waals surface area contributed by atoms with Crippen molar-refractivity contribution in [2.75, 3.05) is 31.1 Å². The van der Waals surface area contributed by atoms with Gasteiger partial charge in [-0.15, -0.1) is 0 Å². The molecule has 0 amide bonds. The van der Waals surface area contributed by atoms with Crippen LogP contribution in [0.1, 0.15) is 18.4 Å². The number of anilines is 1. The number of benzene rings is 2. The fourth-order valence-corrected chi connectivity index (χ4v) is 5.06. The zero-order chi connectivity index (χ0) is 22.4. The number of nitrogens with one attached hydrogen (secondary N) is 1. The Balaban J connectivity index is 1.47. The minimum absolute atomic E-state index is 0.0169. The number of fused-ring (bicyclic) bond motifs is 2. The van der Waals surface area contributed by atoms with Gasteiger partial charge < -0.3 is 10.0 Å². The largest absolute Gasteiger partial charge is 0.494 e. The number of piperazine rings is 1. The third-order valence-electron chi connectivity index (χ3n) is 6.25. The van der Waals surface area contributed by atoms with Gasteiger partial charge in [0.15, 0.2) is 11.6 Å². The third kappa shape index (κ3) is 3.80. The van der Waals surface area contributed by atoms with E-state index >= 15 is 0 Å². The average Bonchev–Trinajstić information content (AvgIpc) is 3.21. The summed E-state index contributed by atoms with van der Waals surface area (Å²) < 4.78 is 30.6. The first-order valence-corrected chi connectivity index (χ1v) is 11.3. The molecule has 2 fully saturated rings. The van der Waals surface area contributed by atoms with Crippen LogP contribution in [-0.2, 0) is 0 Å². The Labute approximate surface area is 191 Å². The summed E-state index contributed by atoms with van der Waals surface area (Å²) >= 11 is 3.35. The van der Waals surface area contributed by atoms with E-state index in [0.717, 1.165) is 25.9 Å². The summed E-state index contributed by atoms with van der Waals surface area (Å²) in [6.07, 6.45) is 3.47. The predicted octanol–water partition coefficient (Wildman–Crippen LogP) is 4.31. The lowest BCUT2D eigenvalue weighted by atomic mass is 10.1. The maximum Gasteiger partial charge on any atom is 0.258 e. The van der Waals surface area contributed by atoms with Gasteiger partial charge in [-0.05, 0) is 37.6 Å². The molecular formula is C23H21BrF2N4O2. The van der Waals surface area contributed by atoms with Crippen molar-refractivity contribution in [3.63, 3.8) is 0 Å². The molecule has 166 valence electrons. The van der Waals surface area contributed by atoms with E-state index in [1.165, 1.54) is 18.3 Å². The first-order valence-electron chi connectivity index (χ1n) is 10.5. The number of aliphatic imine (C=N–C) groups is 1. The SMILES string of the molecule is O=c1[nH]c(O)c(C=Nc2cc(F)c(N3CCN4CCC[C@H]4C3)c(F)c2)c2cc(Br)ccc12. The normalized spacial score (nSPS) is 19.2. The summed E-state index contributed by atoms with van der Waals surface area (Å²) in [6, 6.07) is 7.74. The van der Waals surface area contributed by atoms with Gasteiger partial charge >= 0.3 is 0 Å². The molecule has 0 aliphatic carbocycles. The van der Waals surface area contributed by atoms with E-state index in [1.807, 2.05) is 0 Å². The molecule has 1 aromatic heterocycles. The zero-order valence-electron chi connectivity index (χ0n) is 17.1. The van der Waals surface area contributed by atoms with Crippen LogP contribution in [0.25, 0.3) is 10.8 Å². The molecule has 6 nitrogen and oxygen atoms in total. The van der Waals surface area contributed by atoms with Crippen molar-refractivity contribution in [1.29, 1.82) is 0 Å². The second-order valence-electron chi connectivity index (χ2n) is 8.20. The molecule has 2 saturated heterocycles. The van der Waals surface area contributed by atoms with Gasteiger partial charge in [-0.3, -0.25) is 19.7 Å². The molecule has 2 aliphatic rings. The van der Waals surface area contributed by atoms with Gasteiger partial charge in [0.1, 0.15) is 5.69 Å². The molecule has 0 unspecified atom stereocenters. The summed E-state index contributed by atoms with van der Waals surface area (Å²) in [4.78, 5) is 22.8. The molecule has 2 aliphatic heterocycles. The molecule has 2 aromatic carbocycles. The maximum atomic E-state index is 14.9. The van der Waals surface area contributed by atoms with Crippen molar-refractivity contribution in [1.82, 2.24) is 9.88 Å². The highest BCUT2D eigenvalue weighted by molar-refractivity contribution is 9.10. The summed E-state index contributed by atoms with van der Waals surface area (Å²) in [6.45, 7) is 3.05. The minimum atomic E-state index is -0.665. The first-order chi connectivity index (χ1) is 15.4. The van der Waals surface area contributed by atoms with Crippen LogP contribution >= 0.6 is 15.9 Å². The minimum Gasteiger partial charge on any atom is -0.494 e. The molecule has 3 heterocycles. The molecule has 0 radical (unpaired) electrons. The number of hydrogen-bond donors (Lipinski definition) is 2. The zero-order valence-corrected chi connectivity index (χ0v) is 18.7. The van der Waals surface area contributed by atoms with E-state index in [0.29, 0.717) is 34.4 Å². The van der Waals surface area contributed by atoms with Gasteiger partial charge in [0.05, 0.1) is 11.3 Å². The van der Waals surface area contributed by atoms with Crippen LogP contribution in [0.3, 0.4) is 0 Å². The van der Waals surface area contributed by atoms with E-state index in [-0.39, 0.29) is 22.8 Å². The van der Waals surface area contributed by atoms with Crippen LogP contribution in [0, 0.1) is 11.6 Å². The Morgan fingerprint density at radius 1 is 1.12 bits per heavy atom. The number of rotatable bonds is 3. The average molecular weight is 503 g/mol. The quantitative estimate of drug-likeness (QED) is 0.523. The van der Waals surface area contributed by atoms with Crippen LogP contribution in [0.15, 0.2) is 44.6 Å². The molecule has 2 N–H and O–H groups in total. The van der Waals surface area contributed by atoms with Crippen molar-refractivity contribution in [3.8, 4) is 5.88 Å². The molecule has 5 rings (SSSR count). The number of halogens is 3. The fraction of sp³-hybridized carbons (Fsp3) is 0.304. The lowest BCUT2D eigenvalue weighted by molar-refractivity contribution is 0.229. The number of aromatic hydroxyl groups is 1. The summed E-state index contributed by atoms with van der Waals surface area (Å²) in [5, 5.41) is 11.1. The van der Waals surface area contributed by atoms with Crippen LogP contribution < -0.4 is 10.5 Å². The van der Waals surface area contributed by atoms with Gasteiger partial charge in [0, 0.05) is 59.3 Å². The smallest absolute Gasteiger partial charge is 0.258 e. The van der Waals surface area contributed by atoms with Gasteiger partial charge in [-0.1, -0.05) is 15.9 Å². The number of nitrogens with zero attached hydrogens (tertiary/aromatic N) is 3. The monoisotopic (exact) mass is 502 g/mol. The third-order valence-corrected chi connectivity index (χ3v) is 6.74. The van der Waals surface area contributed by atoms with Gasteiger partial charge in [-0.25, -0.2) is 8.78 Å². The molecule has 0 spiro atoms. The lowest BCUT2D eigenvalue weighted by Crippen LogP contribution is -2.50. The number of aromatic nitrogens is 1. The van der Waals surface area contributed by atoms with Crippen LogP contribution in [0.4, 0.5) is 20.2 Å². The highest BCUT2D eigenvalue weighted by Gasteiger charge is 2.32. The van der Waals surface area contributed by atoms with Gasteiger partial charge in [-0.2, -0.15) is 0 Å². The summed E-state index contributed by atoms with van der Waals surface area (Å²) in [7, 11) is 0. The van der Waals surface area contributed by atoms with E-state index < -0.39 is 17.2 Å². The first kappa shape index (κ1) is 21.1. The van der Waals surface area contributed by atoms with Gasteiger partial charge in [0.25, 0.3) is 5.56 Å². The Kier molecular flexibility index (Phi) is 5.46. The Morgan fingerprint density at radius 2 is 1.91 bits per heavy atom. The van der Waals surface area contributed by atoms with E-state index in [9.17, 15) is 18.7 Å². The predicted molar refractivity (Wildman–Crippen MR) is 124 cm³/mol. The standard InChI is InChI=1S/C23H21BrF2N4O2/c24-13-3-4-16-17(8-13)18(23(32)28-22(16)31)11-27-14-9-19(25)21(20(26)10-14)30-7-6-29-5-1-2-15(29)12-30/h3-4,8-11,15H,1-2,5-7,12H2,(H2,28,31,32)/t15-/m0/s1. The van der Waals surface area contributed by atoms with Crippen molar-refractivity contribution < 1.29 is 13.9 Å². The summed E-state index contributed by atoms with van der Waals surface area (Å²) in [5.41, 5.74) is -0.122. The van der Waals surface area contributed by atoms with Crippen molar-refractivity contribution in [2.45, 2.75) is 18.9 Å². The fourth-order valence-electron chi connectivity index (χ4n) is 4.70. The van der Waals surface area contributed by atoms with E-state index in [1.54, 1.807) is 23.1 Å². The van der Waals surface area contributed by atoms with Crippen LogP contribution in [-0.4, -0.2) is 53.4 Å². The Hall–Kier alpha value is -2.78. The van der Waals surface area contributed by atoms with Crippen molar-refractivity contribution in [2.24, 2.45) is 4.99 Å². The molecule has 1 atom stereocenters. The second kappa shape index (κ2) is 8.29. The van der Waals surface area contributed by atoms with Crippen molar-refractivity contribution in [3.05, 3.63) is 62.4 Å². The lowest BCUT2D eigenvalue weighted by Gasteiger charge is -2.39. The Morgan fingerprint density at radius 3 is 2.69 bits per heavy atom. The molecule has 3 aromatic rings. The highest BCUT2D eigenvalue weighted by atomic mass is 79.9. The molecular weight excluding hydrogens is 482 g/mol. The topological polar surface area (TPSA) is 71.9 Å². The van der Waals surface area contributed by atoms with E-state index in [2.05, 4.69) is 30.8 Å². The molecule has 9 heteroatoms. The Bertz CT molecular complexity index is 1270. The number of H-pyrrole nitrogens is 1.